The molecule has 13 heavy (non-hydrogen) atoms. The fraction of sp³-hybridized carbons (Fsp3) is 0.667. The second-order valence-corrected chi connectivity index (χ2v) is 3.55. The first-order valence-electron chi connectivity index (χ1n) is 4.59. The van der Waals surface area contributed by atoms with Gasteiger partial charge in [-0.25, -0.2) is 0 Å². The lowest BCUT2D eigenvalue weighted by Crippen LogP contribution is -2.31. The van der Waals surface area contributed by atoms with Crippen molar-refractivity contribution in [2.24, 2.45) is 0 Å². The molecule has 1 aromatic heterocycles. The van der Waals surface area contributed by atoms with Crippen LogP contribution < -0.4 is 0 Å². The lowest BCUT2D eigenvalue weighted by atomic mass is 10.2. The van der Waals surface area contributed by atoms with E-state index in [1.54, 1.807) is 6.20 Å². The molecule has 0 aromatic carbocycles. The van der Waals surface area contributed by atoms with Gasteiger partial charge in [0, 0.05) is 18.7 Å². The molecular weight excluding hydrogens is 168 g/mol. The summed E-state index contributed by atoms with van der Waals surface area (Å²) in [7, 11) is 0. The molecule has 0 radical (unpaired) electrons. The van der Waals surface area contributed by atoms with Crippen LogP contribution in [0.2, 0.25) is 0 Å². The van der Waals surface area contributed by atoms with Gasteiger partial charge in [-0.3, -0.25) is 4.90 Å². The molecule has 0 saturated carbocycles. The highest BCUT2D eigenvalue weighted by atomic mass is 16.5. The van der Waals surface area contributed by atoms with Crippen molar-refractivity contribution in [2.45, 2.75) is 32.0 Å². The number of rotatable bonds is 2. The molecule has 2 atom stereocenters. The molecule has 1 aromatic rings. The Hall–Kier alpha value is -0.870. The maximum Gasteiger partial charge on any atom is 0.150 e. The quantitative estimate of drug-likeness (QED) is 0.728. The molecule has 0 amide bonds. The standard InChI is InChI=1S/C9H14N2O2/c1-7-9(12)3-5-11(7)6-8-2-4-10-13-8/h2,4,7,9,12H,3,5-6H2,1H3/t7-,9+/m0/s1. The summed E-state index contributed by atoms with van der Waals surface area (Å²) >= 11 is 0. The average Bonchev–Trinajstić information content (AvgIpc) is 2.71. The Balaban J connectivity index is 1.96. The van der Waals surface area contributed by atoms with E-state index in [2.05, 4.69) is 10.1 Å². The second kappa shape index (κ2) is 3.47. The summed E-state index contributed by atoms with van der Waals surface area (Å²) in [4.78, 5) is 2.20. The summed E-state index contributed by atoms with van der Waals surface area (Å²) in [5.74, 6) is 0.862. The van der Waals surface area contributed by atoms with E-state index in [-0.39, 0.29) is 12.1 Å². The molecule has 1 aliphatic heterocycles. The highest BCUT2D eigenvalue weighted by Crippen LogP contribution is 2.19. The predicted molar refractivity (Wildman–Crippen MR) is 47.0 cm³/mol. The Bertz CT molecular complexity index is 261. The van der Waals surface area contributed by atoms with Gasteiger partial charge in [0.15, 0.2) is 5.76 Å². The van der Waals surface area contributed by atoms with Crippen molar-refractivity contribution in [3.8, 4) is 0 Å². The fourth-order valence-electron chi connectivity index (χ4n) is 1.73. The molecule has 1 aliphatic rings. The monoisotopic (exact) mass is 182 g/mol. The highest BCUT2D eigenvalue weighted by Gasteiger charge is 2.29. The Labute approximate surface area is 77.1 Å². The third-order valence-electron chi connectivity index (χ3n) is 2.70. The van der Waals surface area contributed by atoms with E-state index in [1.165, 1.54) is 0 Å². The zero-order valence-corrected chi connectivity index (χ0v) is 7.68. The van der Waals surface area contributed by atoms with Crippen LogP contribution in [0.25, 0.3) is 0 Å². The number of hydrogen-bond acceptors (Lipinski definition) is 4. The van der Waals surface area contributed by atoms with Crippen LogP contribution in [-0.4, -0.2) is 33.9 Å². The first-order valence-corrected chi connectivity index (χ1v) is 4.59. The summed E-state index contributed by atoms with van der Waals surface area (Å²) in [5, 5.41) is 13.2. The topological polar surface area (TPSA) is 49.5 Å². The molecule has 2 heterocycles. The summed E-state index contributed by atoms with van der Waals surface area (Å²) in [6.45, 7) is 3.72. The van der Waals surface area contributed by atoms with E-state index >= 15 is 0 Å². The van der Waals surface area contributed by atoms with Gasteiger partial charge < -0.3 is 9.63 Å². The molecule has 72 valence electrons. The van der Waals surface area contributed by atoms with Crippen LogP contribution in [0.1, 0.15) is 19.1 Å². The number of hydrogen-bond donors (Lipinski definition) is 1. The van der Waals surface area contributed by atoms with Gasteiger partial charge in [-0.1, -0.05) is 5.16 Å². The molecular formula is C9H14N2O2. The van der Waals surface area contributed by atoms with E-state index in [4.69, 9.17) is 4.52 Å². The first kappa shape index (κ1) is 8.72. The van der Waals surface area contributed by atoms with Crippen molar-refractivity contribution in [3.05, 3.63) is 18.0 Å². The summed E-state index contributed by atoms with van der Waals surface area (Å²) < 4.78 is 5.01. The molecule has 2 rings (SSSR count). The summed E-state index contributed by atoms with van der Waals surface area (Å²) in [5.41, 5.74) is 0. The van der Waals surface area contributed by atoms with E-state index < -0.39 is 0 Å². The Morgan fingerprint density at radius 1 is 1.77 bits per heavy atom. The van der Waals surface area contributed by atoms with Crippen LogP contribution in [0, 0.1) is 0 Å². The fourth-order valence-corrected chi connectivity index (χ4v) is 1.73. The van der Waals surface area contributed by atoms with Crippen molar-refractivity contribution in [3.63, 3.8) is 0 Å². The first-order chi connectivity index (χ1) is 6.27. The molecule has 0 bridgehead atoms. The number of aliphatic hydroxyl groups is 1. The number of nitrogens with zero attached hydrogens (tertiary/aromatic N) is 2. The molecule has 0 aliphatic carbocycles. The van der Waals surface area contributed by atoms with Gasteiger partial charge in [0.05, 0.1) is 18.8 Å². The summed E-state index contributed by atoms with van der Waals surface area (Å²) in [6.07, 6.45) is 2.31. The smallest absolute Gasteiger partial charge is 0.150 e. The zero-order chi connectivity index (χ0) is 9.26. The van der Waals surface area contributed by atoms with Gasteiger partial charge in [-0.15, -0.1) is 0 Å². The molecule has 0 spiro atoms. The predicted octanol–water partition coefficient (Wildman–Crippen LogP) is 0.630. The molecule has 4 heteroatoms. The van der Waals surface area contributed by atoms with Gasteiger partial charge in [0.1, 0.15) is 0 Å². The SMILES string of the molecule is C[C@H]1[C@H](O)CCN1Cc1ccno1. The van der Waals surface area contributed by atoms with Crippen LogP contribution in [-0.2, 0) is 6.54 Å². The zero-order valence-electron chi connectivity index (χ0n) is 7.68. The van der Waals surface area contributed by atoms with Crippen LogP contribution >= 0.6 is 0 Å². The Morgan fingerprint density at radius 2 is 2.62 bits per heavy atom. The third-order valence-corrected chi connectivity index (χ3v) is 2.70. The average molecular weight is 182 g/mol. The minimum Gasteiger partial charge on any atom is -0.391 e. The Morgan fingerprint density at radius 3 is 3.15 bits per heavy atom. The van der Waals surface area contributed by atoms with Crippen molar-refractivity contribution in [1.29, 1.82) is 0 Å². The van der Waals surface area contributed by atoms with E-state index in [9.17, 15) is 5.11 Å². The van der Waals surface area contributed by atoms with E-state index in [0.717, 1.165) is 25.3 Å². The number of aromatic nitrogens is 1. The van der Waals surface area contributed by atoms with Crippen LogP contribution in [0.3, 0.4) is 0 Å². The number of likely N-dealkylation sites (tertiary alicyclic amines) is 1. The summed E-state index contributed by atoms with van der Waals surface area (Å²) in [6, 6.07) is 2.09. The third kappa shape index (κ3) is 1.73. The Kier molecular flexibility index (Phi) is 2.33. The lowest BCUT2D eigenvalue weighted by Gasteiger charge is -2.20. The van der Waals surface area contributed by atoms with Crippen LogP contribution in [0.5, 0.6) is 0 Å². The van der Waals surface area contributed by atoms with E-state index in [0.29, 0.717) is 0 Å². The molecule has 1 N–H and O–H groups in total. The maximum atomic E-state index is 9.51. The van der Waals surface area contributed by atoms with Crippen molar-refractivity contribution in [2.75, 3.05) is 6.54 Å². The van der Waals surface area contributed by atoms with E-state index in [1.807, 2.05) is 13.0 Å². The maximum absolute atomic E-state index is 9.51. The van der Waals surface area contributed by atoms with Gasteiger partial charge in [0.2, 0.25) is 0 Å². The van der Waals surface area contributed by atoms with Gasteiger partial charge in [-0.05, 0) is 13.3 Å². The van der Waals surface area contributed by atoms with Gasteiger partial charge in [-0.2, -0.15) is 0 Å². The molecule has 1 saturated heterocycles. The number of aliphatic hydroxyl groups excluding tert-OH is 1. The second-order valence-electron chi connectivity index (χ2n) is 3.55. The van der Waals surface area contributed by atoms with Crippen molar-refractivity contribution < 1.29 is 9.63 Å². The van der Waals surface area contributed by atoms with Crippen LogP contribution in [0.4, 0.5) is 0 Å². The van der Waals surface area contributed by atoms with Crippen molar-refractivity contribution in [1.82, 2.24) is 10.1 Å². The van der Waals surface area contributed by atoms with Crippen LogP contribution in [0.15, 0.2) is 16.8 Å². The molecule has 0 unspecified atom stereocenters. The molecule has 4 nitrogen and oxygen atoms in total. The van der Waals surface area contributed by atoms with Crippen molar-refractivity contribution >= 4 is 0 Å². The highest BCUT2D eigenvalue weighted by molar-refractivity contribution is 4.95. The minimum absolute atomic E-state index is 0.192. The van der Waals surface area contributed by atoms with Gasteiger partial charge >= 0.3 is 0 Å². The lowest BCUT2D eigenvalue weighted by molar-refractivity contribution is 0.118. The largest absolute Gasteiger partial charge is 0.391 e. The molecule has 1 fully saturated rings. The normalized spacial score (nSPS) is 29.7. The minimum atomic E-state index is -0.192. The van der Waals surface area contributed by atoms with Gasteiger partial charge in [0.25, 0.3) is 0 Å².